The zero-order valence-corrected chi connectivity index (χ0v) is 19.2. The fourth-order valence-corrected chi connectivity index (χ4v) is 8.67. The smallest absolute Gasteiger partial charge is 0.264 e. The highest BCUT2D eigenvalue weighted by molar-refractivity contribution is 7.80. The summed E-state index contributed by atoms with van der Waals surface area (Å²) in [6, 6.07) is 20.8. The van der Waals surface area contributed by atoms with Gasteiger partial charge in [-0.05, 0) is 35.2 Å². The minimum atomic E-state index is -2.65. The van der Waals surface area contributed by atoms with E-state index in [1.165, 1.54) is 10.4 Å². The zero-order chi connectivity index (χ0) is 20.6. The number of hydrogen-bond acceptors (Lipinski definition) is 3. The lowest BCUT2D eigenvalue weighted by molar-refractivity contribution is 0.123. The molecule has 2 aromatic rings. The average molecular weight is 417 g/mol. The van der Waals surface area contributed by atoms with Crippen LogP contribution in [0.5, 0.6) is 0 Å². The molecule has 152 valence electrons. The van der Waals surface area contributed by atoms with E-state index in [2.05, 4.69) is 51.6 Å². The normalized spacial score (nSPS) is 14.4. The molecule has 0 saturated heterocycles. The van der Waals surface area contributed by atoms with Gasteiger partial charge in [0, 0.05) is 0 Å². The van der Waals surface area contributed by atoms with Crippen LogP contribution in [0.3, 0.4) is 0 Å². The van der Waals surface area contributed by atoms with Crippen molar-refractivity contribution in [2.24, 2.45) is 0 Å². The van der Waals surface area contributed by atoms with Crippen molar-refractivity contribution in [2.75, 3.05) is 6.79 Å². The van der Waals surface area contributed by atoms with Crippen LogP contribution in [0.2, 0.25) is 5.04 Å². The van der Waals surface area contributed by atoms with E-state index in [0.717, 1.165) is 12.8 Å². The Morgan fingerprint density at radius 1 is 1.04 bits per heavy atom. The van der Waals surface area contributed by atoms with Crippen LogP contribution in [0.25, 0.3) is 0 Å². The first-order chi connectivity index (χ1) is 13.3. The number of allylic oxidation sites excluding steroid dienone is 1. The van der Waals surface area contributed by atoms with Gasteiger partial charge in [0.2, 0.25) is 0 Å². The maximum absolute atomic E-state index is 12.4. The van der Waals surface area contributed by atoms with Gasteiger partial charge < -0.3 is 4.43 Å². The number of benzene rings is 2. The first-order valence-corrected chi connectivity index (χ1v) is 12.8. The average Bonchev–Trinajstić information content (AvgIpc) is 2.69. The summed E-state index contributed by atoms with van der Waals surface area (Å²) in [7, 11) is -2.65. The first-order valence-electron chi connectivity index (χ1n) is 9.72. The van der Waals surface area contributed by atoms with Crippen LogP contribution in [0.1, 0.15) is 40.5 Å². The molecule has 28 heavy (non-hydrogen) atoms. The molecule has 2 unspecified atom stereocenters. The van der Waals surface area contributed by atoms with Crippen LogP contribution in [0, 0.1) is 0 Å². The molecule has 0 aliphatic heterocycles. The van der Waals surface area contributed by atoms with Gasteiger partial charge >= 0.3 is 0 Å². The summed E-state index contributed by atoms with van der Waals surface area (Å²) in [5.41, 5.74) is 0. The lowest BCUT2D eigenvalue weighted by Gasteiger charge is -2.42. The minimum absolute atomic E-state index is 0.0122. The topological polar surface area (TPSA) is 35.5 Å². The standard InChI is InChI=1S/C23H32O3SSi/c1-6-7-14-20(2)27(24)25-19-26-28(23(3,4)5,21-15-10-8-11-16-21)22-17-12-9-13-18-22/h6,8-13,15-18,20H,1,7,14,19H2,2-5H3. The summed E-state index contributed by atoms with van der Waals surface area (Å²) in [5.74, 6) is 0. The summed E-state index contributed by atoms with van der Waals surface area (Å²) in [4.78, 5) is 0. The summed E-state index contributed by atoms with van der Waals surface area (Å²) in [6.45, 7) is 12.3. The predicted octanol–water partition coefficient (Wildman–Crippen LogP) is 4.56. The molecule has 2 atom stereocenters. The lowest BCUT2D eigenvalue weighted by atomic mass is 10.2. The van der Waals surface area contributed by atoms with Crippen LogP contribution in [0.4, 0.5) is 0 Å². The second kappa shape index (κ2) is 10.3. The predicted molar refractivity (Wildman–Crippen MR) is 122 cm³/mol. The molecule has 0 aliphatic carbocycles. The Morgan fingerprint density at radius 3 is 1.96 bits per heavy atom. The molecule has 0 heterocycles. The molecule has 0 N–H and O–H groups in total. The van der Waals surface area contributed by atoms with Gasteiger partial charge in [0.1, 0.15) is 0 Å². The molecule has 0 amide bonds. The van der Waals surface area contributed by atoms with E-state index in [4.69, 9.17) is 8.61 Å². The molecular formula is C23H32O3SSi. The molecule has 2 rings (SSSR count). The van der Waals surface area contributed by atoms with Crippen LogP contribution in [0.15, 0.2) is 73.3 Å². The van der Waals surface area contributed by atoms with E-state index in [0.29, 0.717) is 0 Å². The minimum Gasteiger partial charge on any atom is -0.384 e. The van der Waals surface area contributed by atoms with Gasteiger partial charge in [0.25, 0.3) is 8.32 Å². The highest BCUT2D eigenvalue weighted by Gasteiger charge is 2.50. The first kappa shape index (κ1) is 22.8. The third-order valence-electron chi connectivity index (χ3n) is 4.96. The van der Waals surface area contributed by atoms with Crippen molar-refractivity contribution in [2.45, 2.75) is 50.8 Å². The molecule has 0 bridgehead atoms. The van der Waals surface area contributed by atoms with Crippen molar-refractivity contribution in [3.63, 3.8) is 0 Å². The van der Waals surface area contributed by atoms with Gasteiger partial charge in [0.15, 0.2) is 17.9 Å². The van der Waals surface area contributed by atoms with Crippen LogP contribution >= 0.6 is 0 Å². The molecule has 2 aromatic carbocycles. The summed E-state index contributed by atoms with van der Waals surface area (Å²) >= 11 is -1.39. The zero-order valence-electron chi connectivity index (χ0n) is 17.4. The van der Waals surface area contributed by atoms with E-state index in [9.17, 15) is 4.21 Å². The van der Waals surface area contributed by atoms with Crippen molar-refractivity contribution < 1.29 is 12.8 Å². The van der Waals surface area contributed by atoms with Crippen molar-refractivity contribution >= 4 is 29.8 Å². The highest BCUT2D eigenvalue weighted by atomic mass is 32.2. The van der Waals surface area contributed by atoms with Gasteiger partial charge in [-0.3, -0.25) is 4.18 Å². The fraction of sp³-hybridized carbons (Fsp3) is 0.391. The van der Waals surface area contributed by atoms with E-state index >= 15 is 0 Å². The Morgan fingerprint density at radius 2 is 1.54 bits per heavy atom. The SMILES string of the molecule is C=CCCC(C)S(=O)OCO[Si](c1ccccc1)(c1ccccc1)C(C)(C)C. The Labute approximate surface area is 173 Å². The molecule has 5 heteroatoms. The molecule has 0 spiro atoms. The Hall–Kier alpha value is -1.53. The van der Waals surface area contributed by atoms with Crippen LogP contribution in [-0.4, -0.2) is 24.6 Å². The summed E-state index contributed by atoms with van der Waals surface area (Å²) < 4.78 is 24.7. The second-order valence-corrected chi connectivity index (χ2v) is 13.8. The van der Waals surface area contributed by atoms with Gasteiger partial charge in [0.05, 0.1) is 5.25 Å². The quantitative estimate of drug-likeness (QED) is 0.324. The van der Waals surface area contributed by atoms with E-state index in [-0.39, 0.29) is 17.1 Å². The summed E-state index contributed by atoms with van der Waals surface area (Å²) in [5, 5.41) is 2.18. The molecular weight excluding hydrogens is 384 g/mol. The van der Waals surface area contributed by atoms with Gasteiger partial charge in [-0.1, -0.05) is 87.5 Å². The molecule has 0 aromatic heterocycles. The van der Waals surface area contributed by atoms with Crippen LogP contribution in [-0.2, 0) is 19.7 Å². The van der Waals surface area contributed by atoms with Crippen molar-refractivity contribution in [1.29, 1.82) is 0 Å². The molecule has 3 nitrogen and oxygen atoms in total. The third kappa shape index (κ3) is 5.29. The van der Waals surface area contributed by atoms with Crippen molar-refractivity contribution in [1.82, 2.24) is 0 Å². The molecule has 0 radical (unpaired) electrons. The Kier molecular flexibility index (Phi) is 8.37. The monoisotopic (exact) mass is 416 g/mol. The van der Waals surface area contributed by atoms with E-state index in [1.807, 2.05) is 49.4 Å². The highest BCUT2D eigenvalue weighted by Crippen LogP contribution is 2.36. The fourth-order valence-electron chi connectivity index (χ4n) is 3.49. The maximum atomic E-state index is 12.4. The van der Waals surface area contributed by atoms with Gasteiger partial charge in [-0.25, -0.2) is 4.21 Å². The van der Waals surface area contributed by atoms with Crippen LogP contribution < -0.4 is 10.4 Å². The van der Waals surface area contributed by atoms with E-state index in [1.54, 1.807) is 0 Å². The maximum Gasteiger partial charge on any atom is 0.264 e. The van der Waals surface area contributed by atoms with E-state index < -0.39 is 19.4 Å². The van der Waals surface area contributed by atoms with Gasteiger partial charge in [-0.15, -0.1) is 6.58 Å². The number of rotatable bonds is 10. The second-order valence-electron chi connectivity index (χ2n) is 7.98. The molecule has 0 aliphatic rings. The number of hydrogen-bond donors (Lipinski definition) is 0. The molecule has 0 fully saturated rings. The third-order valence-corrected chi connectivity index (χ3v) is 11.1. The summed E-state index contributed by atoms with van der Waals surface area (Å²) in [6.07, 6.45) is 3.45. The van der Waals surface area contributed by atoms with Crippen molar-refractivity contribution in [3.8, 4) is 0 Å². The largest absolute Gasteiger partial charge is 0.384 e. The van der Waals surface area contributed by atoms with Gasteiger partial charge in [-0.2, -0.15) is 0 Å². The Balaban J connectivity index is 2.32. The molecule has 0 saturated carbocycles. The Bertz CT molecular complexity index is 717. The van der Waals surface area contributed by atoms with Crippen molar-refractivity contribution in [3.05, 3.63) is 73.3 Å². The lowest BCUT2D eigenvalue weighted by Crippen LogP contribution is -2.66.